The molecule has 1 aliphatic heterocycles. The van der Waals surface area contributed by atoms with Crippen LogP contribution in [0.15, 0.2) is 18.3 Å². The number of piperidine rings is 1. The molecule has 2 amide bonds. The summed E-state index contributed by atoms with van der Waals surface area (Å²) in [5.41, 5.74) is -0.386. The second-order valence-corrected chi connectivity index (χ2v) is 16.7. The minimum absolute atomic E-state index is 0.100. The third-order valence-corrected chi connectivity index (χ3v) is 7.19. The van der Waals surface area contributed by atoms with Crippen molar-refractivity contribution in [2.24, 2.45) is 0 Å². The van der Waals surface area contributed by atoms with Crippen LogP contribution in [0.5, 0.6) is 0 Å². The van der Waals surface area contributed by atoms with Crippen LogP contribution in [0.1, 0.15) is 44.4 Å². The molecule has 2 rings (SSSR count). The number of likely N-dealkylation sites (tertiary alicyclic amines) is 1. The van der Waals surface area contributed by atoms with Crippen molar-refractivity contribution in [1.29, 1.82) is 0 Å². The first-order valence-corrected chi connectivity index (χ1v) is 15.1. The highest BCUT2D eigenvalue weighted by atomic mass is 28.3. The number of aromatic nitrogens is 1. The first kappa shape index (κ1) is 27.8. The number of pyridine rings is 1. The van der Waals surface area contributed by atoms with Crippen LogP contribution in [0, 0.1) is 5.21 Å². The van der Waals surface area contributed by atoms with E-state index in [2.05, 4.69) is 19.6 Å². The van der Waals surface area contributed by atoms with Crippen molar-refractivity contribution in [3.63, 3.8) is 0 Å². The number of amides is 2. The Labute approximate surface area is 201 Å². The monoisotopic (exact) mass is 501 g/mol. The predicted octanol–water partition coefficient (Wildman–Crippen LogP) is 4.59. The van der Waals surface area contributed by atoms with Gasteiger partial charge >= 0.3 is 12.2 Å². The standard InChI is InChI=1S/C23H37F2N3O5Si/c1-22(2,3)33-21(30)27-11-9-23(24,25)19(16-27)17-8-10-28(31)18(14-17)15-26(4)20(29)32-12-13-34(5,6)7/h8,10,14,19H,9,11-13,15-16H2,1-7H3. The summed E-state index contributed by atoms with van der Waals surface area (Å²) in [4.78, 5) is 27.2. The van der Waals surface area contributed by atoms with E-state index in [1.54, 1.807) is 20.8 Å². The van der Waals surface area contributed by atoms with Gasteiger partial charge in [0.25, 0.3) is 5.92 Å². The van der Waals surface area contributed by atoms with Gasteiger partial charge in [0.1, 0.15) is 12.1 Å². The summed E-state index contributed by atoms with van der Waals surface area (Å²) >= 11 is 0. The number of hydrogen-bond donors (Lipinski definition) is 0. The number of rotatable bonds is 6. The lowest BCUT2D eigenvalue weighted by Crippen LogP contribution is -2.49. The van der Waals surface area contributed by atoms with Gasteiger partial charge in [-0.3, -0.25) is 0 Å². The van der Waals surface area contributed by atoms with E-state index in [0.717, 1.165) is 12.2 Å². The van der Waals surface area contributed by atoms with Gasteiger partial charge in [-0.25, -0.2) is 18.4 Å². The number of carbonyl (C=O) groups is 2. The molecule has 0 aliphatic carbocycles. The highest BCUT2D eigenvalue weighted by molar-refractivity contribution is 6.76. The highest BCUT2D eigenvalue weighted by Crippen LogP contribution is 2.40. The molecular formula is C23H37F2N3O5Si. The summed E-state index contributed by atoms with van der Waals surface area (Å²) in [7, 11) is 0.122. The Balaban J connectivity index is 2.15. The molecule has 0 saturated carbocycles. The van der Waals surface area contributed by atoms with Crippen molar-refractivity contribution < 1.29 is 32.6 Å². The Morgan fingerprint density at radius 1 is 1.32 bits per heavy atom. The molecule has 1 aliphatic rings. The molecule has 0 aromatic carbocycles. The third kappa shape index (κ3) is 8.10. The Bertz CT molecular complexity index is 886. The van der Waals surface area contributed by atoms with Crippen molar-refractivity contribution >= 4 is 20.3 Å². The summed E-state index contributed by atoms with van der Waals surface area (Å²) in [5, 5.41) is 12.3. The maximum atomic E-state index is 14.8. The van der Waals surface area contributed by atoms with Crippen LogP contribution in [0.4, 0.5) is 18.4 Å². The molecule has 8 nitrogen and oxygen atoms in total. The van der Waals surface area contributed by atoms with E-state index in [1.807, 2.05) is 0 Å². The summed E-state index contributed by atoms with van der Waals surface area (Å²) < 4.78 is 40.9. The van der Waals surface area contributed by atoms with Crippen molar-refractivity contribution in [2.45, 2.75) is 76.9 Å². The van der Waals surface area contributed by atoms with Crippen LogP contribution in [0.3, 0.4) is 0 Å². The summed E-state index contributed by atoms with van der Waals surface area (Å²) in [5.74, 6) is -4.37. The number of carbonyl (C=O) groups excluding carboxylic acids is 2. The van der Waals surface area contributed by atoms with Crippen LogP contribution in [-0.2, 0) is 16.0 Å². The van der Waals surface area contributed by atoms with E-state index >= 15 is 0 Å². The maximum Gasteiger partial charge on any atom is 0.410 e. The average Bonchev–Trinajstić information content (AvgIpc) is 2.67. The topological polar surface area (TPSA) is 86.0 Å². The molecule has 11 heteroatoms. The molecule has 34 heavy (non-hydrogen) atoms. The molecule has 2 heterocycles. The fraction of sp³-hybridized carbons (Fsp3) is 0.696. The largest absolute Gasteiger partial charge is 0.618 e. The van der Waals surface area contributed by atoms with Gasteiger partial charge in [-0.05, 0) is 32.4 Å². The molecule has 0 bridgehead atoms. The lowest BCUT2D eigenvalue weighted by atomic mass is 9.87. The van der Waals surface area contributed by atoms with Crippen molar-refractivity contribution in [3.8, 4) is 0 Å². The third-order valence-electron chi connectivity index (χ3n) is 5.49. The van der Waals surface area contributed by atoms with E-state index in [1.165, 1.54) is 29.0 Å². The van der Waals surface area contributed by atoms with Gasteiger partial charge in [0, 0.05) is 46.8 Å². The second kappa shape index (κ2) is 10.5. The molecule has 1 saturated heterocycles. The van der Waals surface area contributed by atoms with E-state index in [9.17, 15) is 23.6 Å². The van der Waals surface area contributed by atoms with Crippen LogP contribution in [-0.4, -0.2) is 68.3 Å². The van der Waals surface area contributed by atoms with Gasteiger partial charge < -0.3 is 24.5 Å². The molecule has 1 aromatic rings. The molecule has 0 spiro atoms. The van der Waals surface area contributed by atoms with Gasteiger partial charge in [0.15, 0.2) is 6.20 Å². The quantitative estimate of drug-likeness (QED) is 0.323. The summed E-state index contributed by atoms with van der Waals surface area (Å²) in [6.07, 6.45) is -0.592. The molecule has 1 fully saturated rings. The number of hydrogen-bond acceptors (Lipinski definition) is 5. The Morgan fingerprint density at radius 3 is 2.56 bits per heavy atom. The number of halogens is 2. The van der Waals surface area contributed by atoms with Crippen LogP contribution < -0.4 is 4.73 Å². The molecule has 1 aromatic heterocycles. The number of alkyl halides is 2. The molecule has 0 N–H and O–H groups in total. The first-order chi connectivity index (χ1) is 15.5. The van der Waals surface area contributed by atoms with E-state index in [4.69, 9.17) is 9.47 Å². The minimum Gasteiger partial charge on any atom is -0.618 e. The Kier molecular flexibility index (Phi) is 8.55. The van der Waals surface area contributed by atoms with Gasteiger partial charge in [0.2, 0.25) is 5.69 Å². The van der Waals surface area contributed by atoms with Crippen molar-refractivity contribution in [2.75, 3.05) is 26.7 Å². The van der Waals surface area contributed by atoms with Crippen LogP contribution in [0.25, 0.3) is 0 Å². The first-order valence-electron chi connectivity index (χ1n) is 11.4. The summed E-state index contributed by atoms with van der Waals surface area (Å²) in [6, 6.07) is 3.52. The molecule has 192 valence electrons. The fourth-order valence-electron chi connectivity index (χ4n) is 3.49. The van der Waals surface area contributed by atoms with Gasteiger partial charge in [-0.15, -0.1) is 0 Å². The fourth-order valence-corrected chi connectivity index (χ4v) is 4.21. The van der Waals surface area contributed by atoms with Crippen LogP contribution >= 0.6 is 0 Å². The zero-order valence-electron chi connectivity index (χ0n) is 21.2. The van der Waals surface area contributed by atoms with E-state index < -0.39 is 44.1 Å². The Morgan fingerprint density at radius 2 is 1.97 bits per heavy atom. The average molecular weight is 502 g/mol. The minimum atomic E-state index is -3.06. The maximum absolute atomic E-state index is 14.8. The molecule has 1 atom stereocenters. The van der Waals surface area contributed by atoms with Gasteiger partial charge in [-0.2, -0.15) is 4.73 Å². The van der Waals surface area contributed by atoms with Gasteiger partial charge in [-0.1, -0.05) is 19.6 Å². The molecular weight excluding hydrogens is 464 g/mol. The highest BCUT2D eigenvalue weighted by Gasteiger charge is 2.47. The van der Waals surface area contributed by atoms with Crippen molar-refractivity contribution in [3.05, 3.63) is 34.8 Å². The van der Waals surface area contributed by atoms with Gasteiger partial charge in [0.05, 0.1) is 12.5 Å². The van der Waals surface area contributed by atoms with E-state index in [0.29, 0.717) is 11.3 Å². The smallest absolute Gasteiger partial charge is 0.410 e. The molecule has 0 radical (unpaired) electrons. The van der Waals surface area contributed by atoms with Crippen LogP contribution in [0.2, 0.25) is 25.7 Å². The predicted molar refractivity (Wildman–Crippen MR) is 126 cm³/mol. The number of ether oxygens (including phenoxy) is 2. The normalized spacial score (nSPS) is 18.4. The zero-order chi connectivity index (χ0) is 25.9. The number of nitrogens with zero attached hydrogens (tertiary/aromatic N) is 3. The lowest BCUT2D eigenvalue weighted by Gasteiger charge is -2.39. The second-order valence-electron chi connectivity index (χ2n) is 11.0. The Hall–Kier alpha value is -2.43. The summed E-state index contributed by atoms with van der Waals surface area (Å²) in [6.45, 7) is 11.5. The SMILES string of the molecule is CN(Cc1cc(C2CN(C(=O)OC(C)(C)C)CCC2(F)F)cc[n+]1[O-])C(=O)OCC[Si](C)(C)C. The van der Waals surface area contributed by atoms with E-state index in [-0.39, 0.29) is 30.9 Å². The lowest BCUT2D eigenvalue weighted by molar-refractivity contribution is -0.615. The molecule has 1 unspecified atom stereocenters. The zero-order valence-corrected chi connectivity index (χ0v) is 22.2. The van der Waals surface area contributed by atoms with Crippen molar-refractivity contribution in [1.82, 2.24) is 9.80 Å².